The minimum atomic E-state index is -0.463. The molecule has 2 atom stereocenters. The average molecular weight is 468 g/mol. The van der Waals surface area contributed by atoms with Gasteiger partial charge in [0, 0.05) is 6.54 Å². The van der Waals surface area contributed by atoms with Crippen LogP contribution >= 0.6 is 11.8 Å². The van der Waals surface area contributed by atoms with Gasteiger partial charge in [-0.15, -0.1) is 10.2 Å². The van der Waals surface area contributed by atoms with Crippen molar-refractivity contribution in [1.29, 1.82) is 0 Å². The second-order valence-electron chi connectivity index (χ2n) is 7.99. The van der Waals surface area contributed by atoms with Crippen molar-refractivity contribution >= 4 is 34.3 Å². The summed E-state index contributed by atoms with van der Waals surface area (Å²) in [6, 6.07) is 13.2. The van der Waals surface area contributed by atoms with Crippen molar-refractivity contribution in [1.82, 2.24) is 24.5 Å². The average Bonchev–Trinajstić information content (AvgIpc) is 3.22. The number of carbonyl (C=O) groups is 1. The molecule has 172 valence electrons. The summed E-state index contributed by atoms with van der Waals surface area (Å²) in [5.74, 6) is -0.0105. The van der Waals surface area contributed by atoms with Crippen molar-refractivity contribution in [3.63, 3.8) is 0 Å². The zero-order chi connectivity index (χ0) is 23.5. The molecule has 2 aromatic heterocycles. The Kier molecular flexibility index (Phi) is 6.78. The van der Waals surface area contributed by atoms with Crippen LogP contribution in [0, 0.1) is 5.82 Å². The van der Waals surface area contributed by atoms with E-state index in [1.54, 1.807) is 29.7 Å². The molecule has 4 rings (SSSR count). The summed E-state index contributed by atoms with van der Waals surface area (Å²) in [5.41, 5.74) is 1.44. The number of hydrogen-bond donors (Lipinski definition) is 1. The minimum absolute atomic E-state index is 0.0885. The van der Waals surface area contributed by atoms with E-state index in [9.17, 15) is 14.0 Å². The molecule has 0 spiro atoms. The Hall–Kier alpha value is -3.20. The molecular formula is C24H26FN5O2S. The van der Waals surface area contributed by atoms with Gasteiger partial charge in [-0.1, -0.05) is 49.4 Å². The summed E-state index contributed by atoms with van der Waals surface area (Å²) in [6.07, 6.45) is 1.80. The first kappa shape index (κ1) is 23.0. The standard InChI is InChI=1S/C24H26FN5O2S/c1-4-5-14-29-22(32)19-8-6-7-9-20(19)30-23(29)27-28-24(30)33-16(3)21(31)26-15(2)17-10-12-18(25)13-11-17/h6-13,15-16H,4-5,14H2,1-3H3,(H,26,31)/t15-,16+/m1/s1. The molecule has 0 radical (unpaired) electrons. The maximum absolute atomic E-state index is 13.2. The van der Waals surface area contributed by atoms with Gasteiger partial charge < -0.3 is 5.32 Å². The van der Waals surface area contributed by atoms with Crippen molar-refractivity contribution in [3.05, 3.63) is 70.3 Å². The van der Waals surface area contributed by atoms with Gasteiger partial charge in [-0.25, -0.2) is 4.39 Å². The third-order valence-corrected chi connectivity index (χ3v) is 6.64. The Labute approximate surface area is 195 Å². The largest absolute Gasteiger partial charge is 0.349 e. The van der Waals surface area contributed by atoms with Crippen molar-refractivity contribution in [2.75, 3.05) is 0 Å². The molecule has 0 aliphatic heterocycles. The number of unbranched alkanes of at least 4 members (excludes halogenated alkanes) is 1. The second-order valence-corrected chi connectivity index (χ2v) is 9.30. The SMILES string of the molecule is CCCCn1c(=O)c2ccccc2n2c(S[C@@H](C)C(=O)N[C@H](C)c3ccc(F)cc3)nnc12. The van der Waals surface area contributed by atoms with Crippen LogP contribution in [-0.2, 0) is 11.3 Å². The van der Waals surface area contributed by atoms with E-state index in [0.29, 0.717) is 28.4 Å². The van der Waals surface area contributed by atoms with Gasteiger partial charge in [-0.2, -0.15) is 0 Å². The Balaban J connectivity index is 1.63. The van der Waals surface area contributed by atoms with Crippen LogP contribution in [0.5, 0.6) is 0 Å². The van der Waals surface area contributed by atoms with Gasteiger partial charge in [-0.05, 0) is 50.1 Å². The third-order valence-electron chi connectivity index (χ3n) is 5.59. The molecule has 4 aromatic rings. The third kappa shape index (κ3) is 4.64. The van der Waals surface area contributed by atoms with Crippen LogP contribution in [0.1, 0.15) is 45.2 Å². The molecule has 7 nitrogen and oxygen atoms in total. The van der Waals surface area contributed by atoms with E-state index in [1.807, 2.05) is 29.5 Å². The summed E-state index contributed by atoms with van der Waals surface area (Å²) in [6.45, 7) is 6.28. The van der Waals surface area contributed by atoms with Crippen LogP contribution in [0.25, 0.3) is 16.7 Å². The van der Waals surface area contributed by atoms with Crippen molar-refractivity contribution in [2.24, 2.45) is 0 Å². The van der Waals surface area contributed by atoms with E-state index in [1.165, 1.54) is 23.9 Å². The molecule has 0 fully saturated rings. The van der Waals surface area contributed by atoms with Crippen LogP contribution in [0.4, 0.5) is 4.39 Å². The number of nitrogens with one attached hydrogen (secondary N) is 1. The highest BCUT2D eigenvalue weighted by atomic mass is 32.2. The minimum Gasteiger partial charge on any atom is -0.349 e. The van der Waals surface area contributed by atoms with E-state index in [2.05, 4.69) is 22.4 Å². The number of carbonyl (C=O) groups excluding carboxylic acids is 1. The molecule has 2 heterocycles. The van der Waals surface area contributed by atoms with Gasteiger partial charge in [0.2, 0.25) is 11.7 Å². The molecule has 1 amide bonds. The van der Waals surface area contributed by atoms with Gasteiger partial charge >= 0.3 is 0 Å². The summed E-state index contributed by atoms with van der Waals surface area (Å²) in [5, 5.41) is 12.3. The Bertz CT molecular complexity index is 1350. The van der Waals surface area contributed by atoms with Crippen molar-refractivity contribution in [3.8, 4) is 0 Å². The van der Waals surface area contributed by atoms with Gasteiger partial charge in [0.15, 0.2) is 5.16 Å². The van der Waals surface area contributed by atoms with Crippen LogP contribution in [0.15, 0.2) is 58.5 Å². The lowest BCUT2D eigenvalue weighted by Crippen LogP contribution is -2.33. The molecule has 2 aromatic carbocycles. The zero-order valence-corrected chi connectivity index (χ0v) is 19.6. The van der Waals surface area contributed by atoms with Gasteiger partial charge in [-0.3, -0.25) is 18.6 Å². The number of hydrogen-bond acceptors (Lipinski definition) is 5. The maximum atomic E-state index is 13.2. The fourth-order valence-corrected chi connectivity index (χ4v) is 4.57. The highest BCUT2D eigenvalue weighted by Crippen LogP contribution is 2.26. The first-order valence-corrected chi connectivity index (χ1v) is 11.9. The lowest BCUT2D eigenvalue weighted by molar-refractivity contribution is -0.120. The predicted octanol–water partition coefficient (Wildman–Crippen LogP) is 4.34. The van der Waals surface area contributed by atoms with Gasteiger partial charge in [0.05, 0.1) is 22.2 Å². The second kappa shape index (κ2) is 9.74. The number of aromatic nitrogens is 4. The number of amides is 1. The lowest BCUT2D eigenvalue weighted by atomic mass is 10.1. The summed E-state index contributed by atoms with van der Waals surface area (Å²) in [7, 11) is 0. The first-order chi connectivity index (χ1) is 15.9. The number of aryl methyl sites for hydroxylation is 1. The van der Waals surface area contributed by atoms with E-state index in [4.69, 9.17) is 0 Å². The Morgan fingerprint density at radius 3 is 2.58 bits per heavy atom. The zero-order valence-electron chi connectivity index (χ0n) is 18.8. The molecule has 0 aliphatic carbocycles. The number of fused-ring (bicyclic) bond motifs is 3. The maximum Gasteiger partial charge on any atom is 0.262 e. The molecule has 0 saturated carbocycles. The molecule has 1 N–H and O–H groups in total. The molecule has 0 aliphatic rings. The Morgan fingerprint density at radius 1 is 1.12 bits per heavy atom. The van der Waals surface area contributed by atoms with Crippen LogP contribution in [0.2, 0.25) is 0 Å². The number of thioether (sulfide) groups is 1. The summed E-state index contributed by atoms with van der Waals surface area (Å²) >= 11 is 1.28. The van der Waals surface area contributed by atoms with Crippen LogP contribution in [-0.4, -0.2) is 30.3 Å². The van der Waals surface area contributed by atoms with Crippen molar-refractivity contribution < 1.29 is 9.18 Å². The highest BCUT2D eigenvalue weighted by molar-refractivity contribution is 8.00. The number of rotatable bonds is 8. The molecule has 0 bridgehead atoms. The molecule has 0 saturated heterocycles. The van der Waals surface area contributed by atoms with Crippen molar-refractivity contribution in [2.45, 2.75) is 56.6 Å². The van der Waals surface area contributed by atoms with E-state index in [0.717, 1.165) is 18.4 Å². The lowest BCUT2D eigenvalue weighted by Gasteiger charge is -2.17. The number of nitrogens with zero attached hydrogens (tertiary/aromatic N) is 4. The fraction of sp³-hybridized carbons (Fsp3) is 0.333. The molecule has 9 heteroatoms. The van der Waals surface area contributed by atoms with Gasteiger partial charge in [0.25, 0.3) is 5.56 Å². The highest BCUT2D eigenvalue weighted by Gasteiger charge is 2.22. The van der Waals surface area contributed by atoms with E-state index >= 15 is 0 Å². The van der Waals surface area contributed by atoms with Gasteiger partial charge in [0.1, 0.15) is 5.82 Å². The van der Waals surface area contributed by atoms with E-state index in [-0.39, 0.29) is 23.3 Å². The van der Waals surface area contributed by atoms with Crippen LogP contribution < -0.4 is 10.9 Å². The topological polar surface area (TPSA) is 81.3 Å². The molecule has 33 heavy (non-hydrogen) atoms. The normalized spacial score (nSPS) is 13.3. The molecule has 0 unspecified atom stereocenters. The first-order valence-electron chi connectivity index (χ1n) is 11.0. The smallest absolute Gasteiger partial charge is 0.262 e. The summed E-state index contributed by atoms with van der Waals surface area (Å²) < 4.78 is 16.7. The monoisotopic (exact) mass is 467 g/mol. The fourth-order valence-electron chi connectivity index (χ4n) is 3.70. The predicted molar refractivity (Wildman–Crippen MR) is 128 cm³/mol. The Morgan fingerprint density at radius 2 is 1.85 bits per heavy atom. The quantitative estimate of drug-likeness (QED) is 0.390. The van der Waals surface area contributed by atoms with Crippen LogP contribution in [0.3, 0.4) is 0 Å². The number of para-hydroxylation sites is 1. The van der Waals surface area contributed by atoms with E-state index < -0.39 is 5.25 Å². The molecular weight excluding hydrogens is 441 g/mol. The summed E-state index contributed by atoms with van der Waals surface area (Å²) in [4.78, 5) is 25.9. The number of halogens is 1. The number of benzene rings is 2.